The highest BCUT2D eigenvalue weighted by molar-refractivity contribution is 5.78. The molecule has 3 fully saturated rings. The summed E-state index contributed by atoms with van der Waals surface area (Å²) in [5.41, 5.74) is 3.38. The molecule has 2 aliphatic heterocycles. The van der Waals surface area contributed by atoms with Gasteiger partial charge in [0.15, 0.2) is 5.82 Å². The van der Waals surface area contributed by atoms with E-state index in [0.717, 1.165) is 88.3 Å². The lowest BCUT2D eigenvalue weighted by Gasteiger charge is -2.43. The van der Waals surface area contributed by atoms with Crippen LogP contribution in [0.25, 0.3) is 11.3 Å². The molecular weight excluding hydrogens is 424 g/mol. The Bertz CT molecular complexity index is 927. The van der Waals surface area contributed by atoms with Crippen molar-refractivity contribution in [3.8, 4) is 11.3 Å². The van der Waals surface area contributed by atoms with E-state index < -0.39 is 0 Å². The number of hydrogen-bond acceptors (Lipinski definition) is 6. The Kier molecular flexibility index (Phi) is 7.40. The first kappa shape index (κ1) is 23.2. The minimum absolute atomic E-state index is 0.288. The van der Waals surface area contributed by atoms with Crippen LogP contribution in [0.15, 0.2) is 36.4 Å². The fourth-order valence-electron chi connectivity index (χ4n) is 5.29. The zero-order valence-corrected chi connectivity index (χ0v) is 20.5. The second kappa shape index (κ2) is 10.8. The van der Waals surface area contributed by atoms with Crippen molar-refractivity contribution in [3.63, 3.8) is 0 Å². The fourth-order valence-corrected chi connectivity index (χ4v) is 5.29. The third kappa shape index (κ3) is 5.41. The average Bonchev–Trinajstić information content (AvgIpc) is 2.85. The summed E-state index contributed by atoms with van der Waals surface area (Å²) < 4.78 is 0. The lowest BCUT2D eigenvalue weighted by Crippen LogP contribution is -2.56. The van der Waals surface area contributed by atoms with Gasteiger partial charge in [-0.05, 0) is 37.0 Å². The normalized spacial score (nSPS) is 20.4. The lowest BCUT2D eigenvalue weighted by molar-refractivity contribution is -0.134. The van der Waals surface area contributed by atoms with Gasteiger partial charge in [-0.2, -0.15) is 0 Å². The molecule has 2 saturated heterocycles. The summed E-state index contributed by atoms with van der Waals surface area (Å²) in [6.07, 6.45) is 6.33. The van der Waals surface area contributed by atoms with E-state index in [1.165, 1.54) is 24.8 Å². The minimum atomic E-state index is 0.288. The number of rotatable bonds is 7. The highest BCUT2D eigenvalue weighted by atomic mass is 16.2. The van der Waals surface area contributed by atoms with Gasteiger partial charge < -0.3 is 9.80 Å². The number of piperazine rings is 2. The van der Waals surface area contributed by atoms with Crippen molar-refractivity contribution >= 4 is 11.7 Å². The predicted molar refractivity (Wildman–Crippen MR) is 136 cm³/mol. The molecule has 0 atom stereocenters. The second-order valence-corrected chi connectivity index (χ2v) is 9.99. The maximum atomic E-state index is 12.8. The summed E-state index contributed by atoms with van der Waals surface area (Å²) in [5.74, 6) is 1.21. The third-order valence-electron chi connectivity index (χ3n) is 7.75. The SMILES string of the molecule is CCCc1ccc(-c2ccc(N3CCN(CC(=O)N4CCN(C5CCC5)CC4)CC3)nn2)cc1. The number of anilines is 1. The fraction of sp³-hybridized carbons (Fsp3) is 0.593. The van der Waals surface area contributed by atoms with Gasteiger partial charge in [0.2, 0.25) is 5.91 Å². The monoisotopic (exact) mass is 462 g/mol. The molecular formula is C27H38N6O. The maximum Gasteiger partial charge on any atom is 0.236 e. The molecule has 0 unspecified atom stereocenters. The van der Waals surface area contributed by atoms with Gasteiger partial charge in [0, 0.05) is 64.0 Å². The molecule has 3 heterocycles. The van der Waals surface area contributed by atoms with Gasteiger partial charge >= 0.3 is 0 Å². The van der Waals surface area contributed by atoms with Crippen molar-refractivity contribution < 1.29 is 4.79 Å². The van der Waals surface area contributed by atoms with Crippen LogP contribution in [-0.2, 0) is 11.2 Å². The first-order valence-corrected chi connectivity index (χ1v) is 13.1. The van der Waals surface area contributed by atoms with E-state index in [-0.39, 0.29) is 5.91 Å². The molecule has 7 nitrogen and oxygen atoms in total. The van der Waals surface area contributed by atoms with Crippen molar-refractivity contribution in [2.45, 2.75) is 45.1 Å². The van der Waals surface area contributed by atoms with E-state index in [1.807, 2.05) is 0 Å². The molecule has 1 aromatic carbocycles. The summed E-state index contributed by atoms with van der Waals surface area (Å²) in [6, 6.07) is 13.6. The lowest BCUT2D eigenvalue weighted by atomic mass is 9.91. The molecule has 3 aliphatic rings. The number of nitrogens with zero attached hydrogens (tertiary/aromatic N) is 6. The molecule has 182 valence electrons. The average molecular weight is 463 g/mol. The highest BCUT2D eigenvalue weighted by Gasteiger charge is 2.30. The second-order valence-electron chi connectivity index (χ2n) is 9.99. The van der Waals surface area contributed by atoms with Gasteiger partial charge in [0.25, 0.3) is 0 Å². The van der Waals surface area contributed by atoms with E-state index in [9.17, 15) is 4.79 Å². The molecule has 1 amide bonds. The van der Waals surface area contributed by atoms with E-state index in [4.69, 9.17) is 0 Å². The number of aryl methyl sites for hydroxylation is 1. The molecule has 7 heteroatoms. The number of carbonyl (C=O) groups excluding carboxylic acids is 1. The van der Waals surface area contributed by atoms with Crippen LogP contribution in [-0.4, -0.2) is 95.7 Å². The van der Waals surface area contributed by atoms with Crippen molar-refractivity contribution in [1.82, 2.24) is 24.9 Å². The van der Waals surface area contributed by atoms with Crippen LogP contribution in [0.1, 0.15) is 38.2 Å². The topological polar surface area (TPSA) is 55.8 Å². The van der Waals surface area contributed by atoms with Gasteiger partial charge in [-0.1, -0.05) is 44.0 Å². The van der Waals surface area contributed by atoms with Gasteiger partial charge in [-0.15, -0.1) is 10.2 Å². The van der Waals surface area contributed by atoms with Gasteiger partial charge in [-0.3, -0.25) is 14.6 Å². The Hall–Kier alpha value is -2.51. The zero-order valence-electron chi connectivity index (χ0n) is 20.5. The number of amides is 1. The molecule has 1 saturated carbocycles. The number of aromatic nitrogens is 2. The first-order valence-electron chi connectivity index (χ1n) is 13.1. The third-order valence-corrected chi connectivity index (χ3v) is 7.75. The highest BCUT2D eigenvalue weighted by Crippen LogP contribution is 2.25. The maximum absolute atomic E-state index is 12.8. The summed E-state index contributed by atoms with van der Waals surface area (Å²) in [4.78, 5) is 22.1. The molecule has 1 aliphatic carbocycles. The summed E-state index contributed by atoms with van der Waals surface area (Å²) >= 11 is 0. The van der Waals surface area contributed by atoms with Crippen LogP contribution in [0.2, 0.25) is 0 Å². The molecule has 34 heavy (non-hydrogen) atoms. The van der Waals surface area contributed by atoms with E-state index >= 15 is 0 Å². The predicted octanol–water partition coefficient (Wildman–Crippen LogP) is 2.91. The van der Waals surface area contributed by atoms with Crippen molar-refractivity contribution in [2.75, 3.05) is 63.8 Å². The van der Waals surface area contributed by atoms with Crippen molar-refractivity contribution in [2.24, 2.45) is 0 Å². The van der Waals surface area contributed by atoms with Gasteiger partial charge in [0.1, 0.15) is 0 Å². The summed E-state index contributed by atoms with van der Waals surface area (Å²) in [6.45, 7) is 10.1. The molecule has 0 N–H and O–H groups in total. The van der Waals surface area contributed by atoms with Crippen LogP contribution in [0.4, 0.5) is 5.82 Å². The Labute approximate surface area is 203 Å². The first-order chi connectivity index (χ1) is 16.7. The Morgan fingerprint density at radius 2 is 1.62 bits per heavy atom. The summed E-state index contributed by atoms with van der Waals surface area (Å²) in [7, 11) is 0. The smallest absolute Gasteiger partial charge is 0.236 e. The van der Waals surface area contributed by atoms with Crippen molar-refractivity contribution in [1.29, 1.82) is 0 Å². The molecule has 0 bridgehead atoms. The standard InChI is InChI=1S/C27H38N6O/c1-2-4-22-7-9-23(10-8-22)25-11-12-26(29-28-25)32-15-13-30(14-16-32)21-27(34)33-19-17-31(18-20-33)24-5-3-6-24/h7-12,24H,2-6,13-21H2,1H3. The Morgan fingerprint density at radius 3 is 2.21 bits per heavy atom. The number of hydrogen-bond donors (Lipinski definition) is 0. The Balaban J connectivity index is 1.07. The quantitative estimate of drug-likeness (QED) is 0.631. The Morgan fingerprint density at radius 1 is 0.882 bits per heavy atom. The largest absolute Gasteiger partial charge is 0.353 e. The van der Waals surface area contributed by atoms with E-state index in [2.05, 4.69) is 73.1 Å². The molecule has 1 aromatic heterocycles. The zero-order chi connectivity index (χ0) is 23.3. The number of carbonyl (C=O) groups is 1. The molecule has 5 rings (SSSR count). The van der Waals surface area contributed by atoms with Crippen LogP contribution in [0.3, 0.4) is 0 Å². The van der Waals surface area contributed by atoms with E-state index in [1.54, 1.807) is 0 Å². The van der Waals surface area contributed by atoms with Crippen LogP contribution in [0, 0.1) is 0 Å². The van der Waals surface area contributed by atoms with Crippen LogP contribution < -0.4 is 4.90 Å². The summed E-state index contributed by atoms with van der Waals surface area (Å²) in [5, 5.41) is 8.99. The van der Waals surface area contributed by atoms with Crippen LogP contribution in [0.5, 0.6) is 0 Å². The van der Waals surface area contributed by atoms with Crippen LogP contribution >= 0.6 is 0 Å². The van der Waals surface area contributed by atoms with Gasteiger partial charge in [0.05, 0.1) is 12.2 Å². The molecule has 0 spiro atoms. The molecule has 2 aromatic rings. The van der Waals surface area contributed by atoms with E-state index in [0.29, 0.717) is 6.54 Å². The van der Waals surface area contributed by atoms with Crippen molar-refractivity contribution in [3.05, 3.63) is 42.0 Å². The number of benzene rings is 1. The minimum Gasteiger partial charge on any atom is -0.353 e. The molecule has 0 radical (unpaired) electrons. The van der Waals surface area contributed by atoms with Gasteiger partial charge in [-0.25, -0.2) is 0 Å².